The summed E-state index contributed by atoms with van der Waals surface area (Å²) in [6.45, 7) is 4.81. The number of ether oxygens (including phenoxy) is 2. The lowest BCUT2D eigenvalue weighted by Gasteiger charge is -2.12. The molecule has 2 N–H and O–H groups in total. The van der Waals surface area contributed by atoms with Gasteiger partial charge in [-0.15, -0.1) is 24.0 Å². The highest BCUT2D eigenvalue weighted by Crippen LogP contribution is 2.16. The lowest BCUT2D eigenvalue weighted by molar-refractivity contribution is -0.176. The van der Waals surface area contributed by atoms with Crippen LogP contribution in [0.4, 0.5) is 13.2 Å². The summed E-state index contributed by atoms with van der Waals surface area (Å²) < 4.78 is 46.5. The Bertz CT molecular complexity index is 802. The highest BCUT2D eigenvalue weighted by atomic mass is 127. The fourth-order valence-electron chi connectivity index (χ4n) is 2.51. The maximum Gasteiger partial charge on any atom is 0.411 e. The van der Waals surface area contributed by atoms with Gasteiger partial charge in [-0.25, -0.2) is 9.98 Å². The number of aliphatic imine (C=N–C) groups is 1. The fourth-order valence-corrected chi connectivity index (χ4v) is 2.51. The van der Waals surface area contributed by atoms with Gasteiger partial charge in [0, 0.05) is 25.4 Å². The molecule has 0 fully saturated rings. The van der Waals surface area contributed by atoms with Crippen molar-refractivity contribution >= 4 is 29.9 Å². The number of alkyl halides is 3. The second-order valence-electron chi connectivity index (χ2n) is 6.41. The maximum atomic E-state index is 12.1. The Morgan fingerprint density at radius 3 is 2.39 bits per heavy atom. The third kappa shape index (κ3) is 11.2. The number of guanidine groups is 1. The van der Waals surface area contributed by atoms with E-state index in [1.807, 2.05) is 38.1 Å². The number of halogens is 4. The molecule has 0 aliphatic rings. The summed E-state index contributed by atoms with van der Waals surface area (Å²) in [6, 6.07) is 10.9. The number of benzene rings is 1. The van der Waals surface area contributed by atoms with Crippen LogP contribution < -0.4 is 15.4 Å². The molecule has 172 valence electrons. The number of rotatable bonds is 10. The lowest BCUT2D eigenvalue weighted by atomic mass is 10.1. The first-order chi connectivity index (χ1) is 14.4. The van der Waals surface area contributed by atoms with Gasteiger partial charge in [-0.3, -0.25) is 0 Å². The normalized spacial score (nSPS) is 11.6. The minimum Gasteiger partial charge on any atom is -0.478 e. The van der Waals surface area contributed by atoms with Crippen molar-refractivity contribution in [1.82, 2.24) is 15.6 Å². The van der Waals surface area contributed by atoms with Crippen LogP contribution in [0, 0.1) is 0 Å². The van der Waals surface area contributed by atoms with E-state index in [0.717, 1.165) is 11.1 Å². The van der Waals surface area contributed by atoms with Gasteiger partial charge in [0.25, 0.3) is 0 Å². The van der Waals surface area contributed by atoms with Crippen LogP contribution in [0.5, 0.6) is 5.88 Å². The molecule has 0 radical (unpaired) electrons. The maximum absolute atomic E-state index is 12.1. The van der Waals surface area contributed by atoms with Crippen molar-refractivity contribution in [2.75, 3.05) is 19.8 Å². The summed E-state index contributed by atoms with van der Waals surface area (Å²) in [5, 5.41) is 6.42. The highest BCUT2D eigenvalue weighted by molar-refractivity contribution is 14.0. The summed E-state index contributed by atoms with van der Waals surface area (Å²) in [7, 11) is 0. The SMILES string of the molecule is CCNC(=NCc1ccnc(OCC)c1)NCc1ccc(COCC(F)(F)F)cc1.I. The van der Waals surface area contributed by atoms with Crippen molar-refractivity contribution in [3.63, 3.8) is 0 Å². The van der Waals surface area contributed by atoms with Crippen molar-refractivity contribution in [2.45, 2.75) is 39.7 Å². The summed E-state index contributed by atoms with van der Waals surface area (Å²) in [6.07, 6.45) is -2.62. The van der Waals surface area contributed by atoms with Crippen LogP contribution in [-0.2, 0) is 24.4 Å². The van der Waals surface area contributed by atoms with Crippen molar-refractivity contribution in [3.8, 4) is 5.88 Å². The van der Waals surface area contributed by atoms with Crippen LogP contribution in [0.1, 0.15) is 30.5 Å². The monoisotopic (exact) mass is 552 g/mol. The third-order valence-electron chi connectivity index (χ3n) is 3.87. The van der Waals surface area contributed by atoms with Crippen molar-refractivity contribution in [1.29, 1.82) is 0 Å². The summed E-state index contributed by atoms with van der Waals surface area (Å²) in [4.78, 5) is 8.71. The van der Waals surface area contributed by atoms with E-state index in [-0.39, 0.29) is 30.6 Å². The van der Waals surface area contributed by atoms with Gasteiger partial charge in [-0.2, -0.15) is 13.2 Å². The Morgan fingerprint density at radius 2 is 1.74 bits per heavy atom. The van der Waals surface area contributed by atoms with Gasteiger partial charge >= 0.3 is 6.18 Å². The number of aromatic nitrogens is 1. The molecule has 31 heavy (non-hydrogen) atoms. The highest BCUT2D eigenvalue weighted by Gasteiger charge is 2.27. The molecule has 2 aromatic rings. The van der Waals surface area contributed by atoms with Crippen LogP contribution >= 0.6 is 24.0 Å². The van der Waals surface area contributed by atoms with Crippen LogP contribution in [0.15, 0.2) is 47.6 Å². The van der Waals surface area contributed by atoms with Crippen LogP contribution in [0.3, 0.4) is 0 Å². The molecule has 0 amide bonds. The summed E-state index contributed by atoms with van der Waals surface area (Å²) in [5.74, 6) is 1.23. The quantitative estimate of drug-likeness (QED) is 0.260. The minimum absolute atomic E-state index is 0. The first-order valence-corrected chi connectivity index (χ1v) is 9.71. The first kappa shape index (κ1) is 27.0. The molecule has 1 heterocycles. The summed E-state index contributed by atoms with van der Waals surface area (Å²) in [5.41, 5.74) is 2.64. The molecule has 10 heteroatoms. The Kier molecular flexibility index (Phi) is 12.2. The van der Waals surface area contributed by atoms with E-state index in [1.54, 1.807) is 18.3 Å². The van der Waals surface area contributed by atoms with E-state index in [4.69, 9.17) is 4.74 Å². The molecule has 2 rings (SSSR count). The van der Waals surface area contributed by atoms with Crippen LogP contribution in [0.2, 0.25) is 0 Å². The molecule has 0 aliphatic heterocycles. The smallest absolute Gasteiger partial charge is 0.411 e. The van der Waals surface area contributed by atoms with E-state index in [2.05, 4.69) is 25.3 Å². The molecule has 0 spiro atoms. The Hall–Kier alpha value is -2.08. The van der Waals surface area contributed by atoms with Gasteiger partial charge < -0.3 is 20.1 Å². The molecule has 0 unspecified atom stereocenters. The Balaban J connectivity index is 0.00000480. The van der Waals surface area contributed by atoms with Crippen molar-refractivity contribution in [2.24, 2.45) is 4.99 Å². The molecule has 0 atom stereocenters. The Morgan fingerprint density at radius 1 is 1.03 bits per heavy atom. The first-order valence-electron chi connectivity index (χ1n) is 9.71. The number of nitrogens with one attached hydrogen (secondary N) is 2. The molecule has 0 aliphatic carbocycles. The number of hydrogen-bond acceptors (Lipinski definition) is 4. The molecule has 0 saturated heterocycles. The molecule has 0 bridgehead atoms. The minimum atomic E-state index is -4.31. The largest absolute Gasteiger partial charge is 0.478 e. The Labute approximate surface area is 197 Å². The zero-order chi connectivity index (χ0) is 21.8. The fraction of sp³-hybridized carbons (Fsp3) is 0.429. The van der Waals surface area contributed by atoms with Gasteiger partial charge in [0.15, 0.2) is 5.96 Å². The van der Waals surface area contributed by atoms with Gasteiger partial charge in [0.2, 0.25) is 5.88 Å². The van der Waals surface area contributed by atoms with Crippen molar-refractivity contribution < 1.29 is 22.6 Å². The van der Waals surface area contributed by atoms with Gasteiger partial charge in [-0.05, 0) is 36.6 Å². The molecular formula is C21H28F3IN4O2. The van der Waals surface area contributed by atoms with Crippen molar-refractivity contribution in [3.05, 3.63) is 59.3 Å². The molecule has 1 aromatic carbocycles. The molecule has 1 aromatic heterocycles. The predicted octanol–water partition coefficient (Wildman–Crippen LogP) is 4.43. The van der Waals surface area contributed by atoms with Gasteiger partial charge in [0.05, 0.1) is 19.8 Å². The van der Waals surface area contributed by atoms with Crippen LogP contribution in [0.25, 0.3) is 0 Å². The second-order valence-corrected chi connectivity index (χ2v) is 6.41. The van der Waals surface area contributed by atoms with Gasteiger partial charge in [-0.1, -0.05) is 24.3 Å². The van der Waals surface area contributed by atoms with E-state index >= 15 is 0 Å². The average molecular weight is 552 g/mol. The van der Waals surface area contributed by atoms with E-state index in [1.165, 1.54) is 0 Å². The lowest BCUT2D eigenvalue weighted by Crippen LogP contribution is -2.36. The zero-order valence-electron chi connectivity index (χ0n) is 17.5. The topological polar surface area (TPSA) is 67.8 Å². The second kappa shape index (κ2) is 14.1. The van der Waals surface area contributed by atoms with E-state index in [9.17, 15) is 13.2 Å². The standard InChI is InChI=1S/C21H27F3N4O2.HI/c1-3-25-20(28-13-18-9-10-26-19(11-18)30-4-2)27-12-16-5-7-17(8-6-16)14-29-15-21(22,23)24;/h5-11H,3-4,12-15H2,1-2H3,(H2,25,27,28);1H. The third-order valence-corrected chi connectivity index (χ3v) is 3.87. The summed E-state index contributed by atoms with van der Waals surface area (Å²) >= 11 is 0. The zero-order valence-corrected chi connectivity index (χ0v) is 19.9. The average Bonchev–Trinajstić information content (AvgIpc) is 2.71. The van der Waals surface area contributed by atoms with Crippen LogP contribution in [-0.4, -0.2) is 36.9 Å². The predicted molar refractivity (Wildman–Crippen MR) is 125 cm³/mol. The van der Waals surface area contributed by atoms with E-state index in [0.29, 0.717) is 43.6 Å². The van der Waals surface area contributed by atoms with Gasteiger partial charge in [0.1, 0.15) is 6.61 Å². The molecular weight excluding hydrogens is 524 g/mol. The molecule has 6 nitrogen and oxygen atoms in total. The van der Waals surface area contributed by atoms with E-state index < -0.39 is 12.8 Å². The molecule has 0 saturated carbocycles. The number of pyridine rings is 1. The number of nitrogens with zero attached hydrogens (tertiary/aromatic N) is 2. The number of hydrogen-bond donors (Lipinski definition) is 2.